The Kier molecular flexibility index (Phi) is 6.54. The van der Waals surface area contributed by atoms with Crippen LogP contribution in [-0.4, -0.2) is 62.9 Å². The van der Waals surface area contributed by atoms with Crippen molar-refractivity contribution >= 4 is 32.8 Å². The summed E-state index contributed by atoms with van der Waals surface area (Å²) in [6.07, 6.45) is 5.67. The minimum absolute atomic E-state index is 0.0672. The quantitative estimate of drug-likeness (QED) is 0.335. The van der Waals surface area contributed by atoms with Gasteiger partial charge in [-0.1, -0.05) is 29.5 Å². The zero-order chi connectivity index (χ0) is 29.2. The van der Waals surface area contributed by atoms with Crippen molar-refractivity contribution in [2.45, 2.75) is 75.4 Å². The number of nitrogens with zero attached hydrogens (tertiary/aromatic N) is 6. The predicted octanol–water partition coefficient (Wildman–Crippen LogP) is 4.56. The molecule has 1 saturated carbocycles. The maximum absolute atomic E-state index is 13.9. The molecular formula is C31H34N6O4S. The molecular weight excluding hydrogens is 552 g/mol. The lowest BCUT2D eigenvalue weighted by Gasteiger charge is -2.26. The first-order valence-corrected chi connectivity index (χ1v) is 16.0. The van der Waals surface area contributed by atoms with Crippen molar-refractivity contribution < 1.29 is 18.3 Å². The number of anilines is 1. The van der Waals surface area contributed by atoms with Crippen LogP contribution in [0.3, 0.4) is 0 Å². The predicted molar refractivity (Wildman–Crippen MR) is 158 cm³/mol. The van der Waals surface area contributed by atoms with Crippen molar-refractivity contribution in [3.63, 3.8) is 0 Å². The van der Waals surface area contributed by atoms with Crippen LogP contribution in [0.2, 0.25) is 0 Å². The Bertz CT molecular complexity index is 1820. The van der Waals surface area contributed by atoms with Crippen molar-refractivity contribution in [1.29, 1.82) is 0 Å². The van der Waals surface area contributed by atoms with E-state index in [4.69, 9.17) is 0 Å². The Balaban J connectivity index is 1.27. The largest absolute Gasteiger partial charge is 0.481 e. The lowest BCUT2D eigenvalue weighted by molar-refractivity contribution is -0.137. The average Bonchev–Trinajstić information content (AvgIpc) is 3.56. The fourth-order valence-corrected chi connectivity index (χ4v) is 8.30. The molecule has 10 nitrogen and oxygen atoms in total. The van der Waals surface area contributed by atoms with E-state index in [1.807, 2.05) is 48.9 Å². The van der Waals surface area contributed by atoms with Gasteiger partial charge in [-0.2, -0.15) is 4.31 Å². The van der Waals surface area contributed by atoms with Crippen molar-refractivity contribution in [2.75, 3.05) is 18.0 Å². The number of pyridine rings is 1. The van der Waals surface area contributed by atoms with Gasteiger partial charge < -0.3 is 10.0 Å². The highest BCUT2D eigenvalue weighted by Gasteiger charge is 2.40. The standard InChI is InChI=1S/C31H34N6O4S/c1-19-7-8-21(26(16-29(38)39)25-11-12-27-30(20(25)2)33-34-37(27)23-9-10-23)15-22(19)17-35-18-24-5-4-14-36(24)31-28(42(35,40)41)6-3-13-32-31/h3,6-8,11-13,15,23-24,26H,4-5,9-10,14,16-18H2,1-2H3,(H,38,39)/t24-,26+/m1/s1. The summed E-state index contributed by atoms with van der Waals surface area (Å²) in [6.45, 7) is 5.33. The number of carboxylic acids is 1. The van der Waals surface area contributed by atoms with Gasteiger partial charge in [-0.3, -0.25) is 4.79 Å². The number of fused-ring (bicyclic) bond motifs is 4. The van der Waals surface area contributed by atoms with Gasteiger partial charge in [-0.05, 0) is 85.5 Å². The highest BCUT2D eigenvalue weighted by Crippen LogP contribution is 2.40. The van der Waals surface area contributed by atoms with Crippen molar-refractivity contribution in [2.24, 2.45) is 0 Å². The Morgan fingerprint density at radius 1 is 1.10 bits per heavy atom. The molecule has 7 rings (SSSR count). The van der Waals surface area contributed by atoms with Gasteiger partial charge in [0.2, 0.25) is 10.0 Å². The molecule has 0 radical (unpaired) electrons. The third-order valence-electron chi connectivity index (χ3n) is 9.14. The van der Waals surface area contributed by atoms with E-state index in [2.05, 4.69) is 20.2 Å². The van der Waals surface area contributed by atoms with Crippen molar-refractivity contribution in [3.05, 3.63) is 76.5 Å². The summed E-state index contributed by atoms with van der Waals surface area (Å²) in [5, 5.41) is 18.8. The van der Waals surface area contributed by atoms with E-state index in [0.717, 1.165) is 71.1 Å². The molecule has 2 fully saturated rings. The number of aromatic nitrogens is 4. The van der Waals surface area contributed by atoms with E-state index in [1.165, 1.54) is 0 Å². The number of hydrogen-bond donors (Lipinski definition) is 1. The Labute approximate surface area is 245 Å². The van der Waals surface area contributed by atoms with E-state index < -0.39 is 21.9 Å². The molecule has 2 aromatic heterocycles. The number of sulfonamides is 1. The normalized spacial score (nSPS) is 20.7. The second-order valence-electron chi connectivity index (χ2n) is 11.9. The summed E-state index contributed by atoms with van der Waals surface area (Å²) >= 11 is 0. The second kappa shape index (κ2) is 10.2. The zero-order valence-electron chi connectivity index (χ0n) is 23.8. The summed E-state index contributed by atoms with van der Waals surface area (Å²) in [5.41, 5.74) is 6.25. The molecule has 2 aliphatic heterocycles. The van der Waals surface area contributed by atoms with Gasteiger partial charge in [0.1, 0.15) is 16.2 Å². The number of hydrogen-bond acceptors (Lipinski definition) is 7. The minimum Gasteiger partial charge on any atom is -0.481 e. The Hall–Kier alpha value is -3.83. The SMILES string of the molecule is Cc1ccc([C@H](CC(=O)O)c2ccc3c(nnn3C3CC3)c2C)cc1CN1C[C@H]2CCCN2c2ncccc2S1(=O)=O. The number of benzene rings is 2. The van der Waals surface area contributed by atoms with Gasteiger partial charge in [0.05, 0.1) is 18.0 Å². The highest BCUT2D eigenvalue weighted by atomic mass is 32.2. The molecule has 218 valence electrons. The topological polar surface area (TPSA) is 122 Å². The van der Waals surface area contributed by atoms with Crippen LogP contribution in [0.25, 0.3) is 11.0 Å². The fourth-order valence-electron chi connectivity index (χ4n) is 6.70. The van der Waals surface area contributed by atoms with Gasteiger partial charge in [-0.15, -0.1) is 5.10 Å². The summed E-state index contributed by atoms with van der Waals surface area (Å²) in [5.74, 6) is -0.781. The maximum Gasteiger partial charge on any atom is 0.304 e. The van der Waals surface area contributed by atoms with Gasteiger partial charge in [0.15, 0.2) is 0 Å². The van der Waals surface area contributed by atoms with Crippen LogP contribution in [0.4, 0.5) is 5.82 Å². The van der Waals surface area contributed by atoms with Crippen LogP contribution in [0.1, 0.15) is 71.9 Å². The minimum atomic E-state index is -3.79. The van der Waals surface area contributed by atoms with Crippen LogP contribution >= 0.6 is 0 Å². The lowest BCUT2D eigenvalue weighted by Crippen LogP contribution is -2.39. The molecule has 11 heteroatoms. The molecule has 0 amide bonds. The molecule has 42 heavy (non-hydrogen) atoms. The lowest BCUT2D eigenvalue weighted by atomic mass is 9.84. The van der Waals surface area contributed by atoms with Crippen LogP contribution in [0, 0.1) is 13.8 Å². The molecule has 2 aromatic carbocycles. The molecule has 4 heterocycles. The summed E-state index contributed by atoms with van der Waals surface area (Å²) < 4.78 is 31.4. The van der Waals surface area contributed by atoms with E-state index in [9.17, 15) is 18.3 Å². The smallest absolute Gasteiger partial charge is 0.304 e. The van der Waals surface area contributed by atoms with Gasteiger partial charge in [0.25, 0.3) is 0 Å². The Morgan fingerprint density at radius 2 is 1.93 bits per heavy atom. The molecule has 2 atom stereocenters. The highest BCUT2D eigenvalue weighted by molar-refractivity contribution is 7.89. The molecule has 1 saturated heterocycles. The van der Waals surface area contributed by atoms with E-state index in [-0.39, 0.29) is 23.9 Å². The first-order chi connectivity index (χ1) is 20.2. The average molecular weight is 587 g/mol. The first kappa shape index (κ1) is 27.0. The number of carboxylic acid groups (broad SMARTS) is 1. The van der Waals surface area contributed by atoms with E-state index >= 15 is 0 Å². The summed E-state index contributed by atoms with van der Waals surface area (Å²) in [4.78, 5) is 19.0. The first-order valence-electron chi connectivity index (χ1n) is 14.6. The van der Waals surface area contributed by atoms with Crippen LogP contribution in [0.5, 0.6) is 0 Å². The third kappa shape index (κ3) is 4.55. The van der Waals surface area contributed by atoms with Gasteiger partial charge >= 0.3 is 5.97 Å². The third-order valence-corrected chi connectivity index (χ3v) is 11.0. The zero-order valence-corrected chi connectivity index (χ0v) is 24.6. The van der Waals surface area contributed by atoms with Crippen molar-refractivity contribution in [1.82, 2.24) is 24.3 Å². The molecule has 0 bridgehead atoms. The molecule has 4 aromatic rings. The summed E-state index contributed by atoms with van der Waals surface area (Å²) in [6, 6.07) is 13.7. The molecule has 3 aliphatic rings. The van der Waals surface area contributed by atoms with Crippen molar-refractivity contribution in [3.8, 4) is 0 Å². The second-order valence-corrected chi connectivity index (χ2v) is 13.8. The molecule has 1 aliphatic carbocycles. The fraction of sp³-hybridized carbons (Fsp3) is 0.419. The van der Waals surface area contributed by atoms with Crippen LogP contribution < -0.4 is 4.90 Å². The number of carbonyl (C=O) groups is 1. The Morgan fingerprint density at radius 3 is 2.71 bits per heavy atom. The molecule has 1 N–H and O–H groups in total. The summed E-state index contributed by atoms with van der Waals surface area (Å²) in [7, 11) is -3.79. The monoisotopic (exact) mass is 586 g/mol. The van der Waals surface area contributed by atoms with Crippen LogP contribution in [-0.2, 0) is 21.4 Å². The van der Waals surface area contributed by atoms with E-state index in [0.29, 0.717) is 18.4 Å². The molecule has 0 spiro atoms. The number of rotatable bonds is 7. The number of aliphatic carboxylic acids is 1. The van der Waals surface area contributed by atoms with Gasteiger partial charge in [-0.25, -0.2) is 18.1 Å². The maximum atomic E-state index is 13.9. The van der Waals surface area contributed by atoms with Gasteiger partial charge in [0, 0.05) is 37.8 Å². The van der Waals surface area contributed by atoms with E-state index in [1.54, 1.807) is 22.6 Å². The number of aryl methyl sites for hydroxylation is 2. The van der Waals surface area contributed by atoms with Crippen LogP contribution in [0.15, 0.2) is 53.6 Å². The molecule has 0 unspecified atom stereocenters.